The second kappa shape index (κ2) is 13.2. The largest absolute Gasteiger partial charge is 0.480 e. The zero-order chi connectivity index (χ0) is 26.8. The van der Waals surface area contributed by atoms with Crippen LogP contribution in [0, 0.1) is 0 Å². The summed E-state index contributed by atoms with van der Waals surface area (Å²) in [5.74, 6) is -4.15. The lowest BCUT2D eigenvalue weighted by Crippen LogP contribution is -2.58. The number of aromatic amines is 1. The highest BCUT2D eigenvalue weighted by Crippen LogP contribution is 2.09. The number of carbonyl (C=O) groups excluding carboxylic acids is 4. The number of benzene rings is 1. The molecule has 198 valence electrons. The number of carbonyl (C=O) groups is 5. The van der Waals surface area contributed by atoms with Crippen LogP contribution in [0.5, 0.6) is 0 Å². The molecule has 1 aliphatic heterocycles. The molecule has 1 aromatic heterocycles. The molecule has 3 rings (SSSR count). The highest BCUT2D eigenvalue weighted by Gasteiger charge is 2.32. The van der Waals surface area contributed by atoms with Crippen molar-refractivity contribution in [1.29, 1.82) is 0 Å². The summed E-state index contributed by atoms with van der Waals surface area (Å²) < 4.78 is 0. The monoisotopic (exact) mass is 513 g/mol. The van der Waals surface area contributed by atoms with E-state index in [1.807, 2.05) is 6.07 Å². The predicted octanol–water partition coefficient (Wildman–Crippen LogP) is -1.64. The molecule has 8 N–H and O–H groups in total. The number of aliphatic carboxylic acids is 1. The average Bonchev–Trinajstić information content (AvgIpc) is 3.57. The van der Waals surface area contributed by atoms with Gasteiger partial charge in [0.15, 0.2) is 0 Å². The van der Waals surface area contributed by atoms with Crippen LogP contribution in [0.2, 0.25) is 0 Å². The van der Waals surface area contributed by atoms with Crippen molar-refractivity contribution in [3.8, 4) is 0 Å². The van der Waals surface area contributed by atoms with Gasteiger partial charge in [-0.25, -0.2) is 9.78 Å². The second-order valence-corrected chi connectivity index (χ2v) is 8.81. The third-order valence-electron chi connectivity index (χ3n) is 5.92. The third-order valence-corrected chi connectivity index (χ3v) is 5.92. The van der Waals surface area contributed by atoms with E-state index in [4.69, 9.17) is 5.73 Å². The highest BCUT2D eigenvalue weighted by molar-refractivity contribution is 5.96. The summed E-state index contributed by atoms with van der Waals surface area (Å²) in [7, 11) is 0. The van der Waals surface area contributed by atoms with Gasteiger partial charge in [-0.1, -0.05) is 30.3 Å². The molecule has 0 spiro atoms. The molecule has 4 amide bonds. The maximum Gasteiger partial charge on any atom is 0.326 e. The van der Waals surface area contributed by atoms with Crippen molar-refractivity contribution in [3.05, 3.63) is 54.1 Å². The van der Waals surface area contributed by atoms with Gasteiger partial charge >= 0.3 is 5.97 Å². The van der Waals surface area contributed by atoms with Crippen LogP contribution in [-0.2, 0) is 36.8 Å². The average molecular weight is 514 g/mol. The molecule has 1 fully saturated rings. The molecule has 4 atom stereocenters. The van der Waals surface area contributed by atoms with Crippen LogP contribution in [0.3, 0.4) is 0 Å². The number of hydrogen-bond acceptors (Lipinski definition) is 7. The smallest absolute Gasteiger partial charge is 0.326 e. The van der Waals surface area contributed by atoms with Gasteiger partial charge in [-0.3, -0.25) is 19.2 Å². The van der Waals surface area contributed by atoms with Crippen molar-refractivity contribution >= 4 is 29.6 Å². The minimum Gasteiger partial charge on any atom is -0.480 e. The minimum absolute atomic E-state index is 0.0978. The van der Waals surface area contributed by atoms with E-state index in [9.17, 15) is 29.1 Å². The van der Waals surface area contributed by atoms with Gasteiger partial charge in [0, 0.05) is 24.7 Å². The lowest BCUT2D eigenvalue weighted by Gasteiger charge is -2.25. The Bertz CT molecular complexity index is 1090. The standard InChI is InChI=1S/C24H31N7O6/c25-20(32)11-18(23(35)31-19(24(36)37)10-15-12-26-13-28-15)30-22(34)17(9-14-5-2-1-3-6-14)29-21(33)16-7-4-8-27-16/h1-3,5-6,12-13,16-19,27H,4,7-11H2,(H2,25,32)(H,26,28)(H,29,33)(H,30,34)(H,31,35)(H,36,37). The molecular weight excluding hydrogens is 482 g/mol. The van der Waals surface area contributed by atoms with Gasteiger partial charge in [-0.05, 0) is 24.9 Å². The number of rotatable bonds is 13. The van der Waals surface area contributed by atoms with Crippen molar-refractivity contribution < 1.29 is 29.1 Å². The molecule has 0 saturated carbocycles. The number of nitrogens with two attached hydrogens (primary N) is 1. The molecule has 13 heteroatoms. The van der Waals surface area contributed by atoms with Crippen LogP contribution in [0.1, 0.15) is 30.5 Å². The van der Waals surface area contributed by atoms with Crippen LogP contribution in [-0.4, -0.2) is 75.4 Å². The van der Waals surface area contributed by atoms with E-state index < -0.39 is 54.3 Å². The lowest BCUT2D eigenvalue weighted by atomic mass is 10.0. The van der Waals surface area contributed by atoms with Crippen LogP contribution in [0.4, 0.5) is 0 Å². The SMILES string of the molecule is NC(=O)CC(NC(=O)C(Cc1ccccc1)NC(=O)C1CCCN1)C(=O)NC(Cc1cnc[nH]1)C(=O)O. The Morgan fingerprint density at radius 2 is 1.70 bits per heavy atom. The first-order valence-electron chi connectivity index (χ1n) is 11.9. The van der Waals surface area contributed by atoms with Gasteiger partial charge in [0.1, 0.15) is 18.1 Å². The second-order valence-electron chi connectivity index (χ2n) is 8.81. The molecule has 2 heterocycles. The number of nitrogens with zero attached hydrogens (tertiary/aromatic N) is 1. The highest BCUT2D eigenvalue weighted by atomic mass is 16.4. The van der Waals surface area contributed by atoms with E-state index in [-0.39, 0.29) is 18.7 Å². The fourth-order valence-corrected chi connectivity index (χ4v) is 4.01. The molecule has 0 bridgehead atoms. The number of carboxylic acids is 1. The first-order valence-corrected chi connectivity index (χ1v) is 11.9. The maximum atomic E-state index is 13.3. The number of hydrogen-bond donors (Lipinski definition) is 7. The number of carboxylic acid groups (broad SMARTS) is 1. The van der Waals surface area contributed by atoms with Crippen LogP contribution < -0.4 is 27.0 Å². The quantitative estimate of drug-likeness (QED) is 0.165. The van der Waals surface area contributed by atoms with E-state index in [0.717, 1.165) is 12.0 Å². The molecule has 37 heavy (non-hydrogen) atoms. The van der Waals surface area contributed by atoms with Gasteiger partial charge in [0.05, 0.1) is 18.8 Å². The zero-order valence-electron chi connectivity index (χ0n) is 20.1. The van der Waals surface area contributed by atoms with Crippen molar-refractivity contribution in [2.75, 3.05) is 6.54 Å². The van der Waals surface area contributed by atoms with E-state index >= 15 is 0 Å². The van der Waals surface area contributed by atoms with E-state index in [1.54, 1.807) is 24.3 Å². The van der Waals surface area contributed by atoms with Crippen molar-refractivity contribution in [3.63, 3.8) is 0 Å². The Labute approximate surface area is 213 Å². The van der Waals surface area contributed by atoms with Gasteiger partial charge in [0.2, 0.25) is 23.6 Å². The number of H-pyrrole nitrogens is 1. The van der Waals surface area contributed by atoms with Gasteiger partial charge in [0.25, 0.3) is 0 Å². The molecule has 0 aliphatic carbocycles. The topological polar surface area (TPSA) is 208 Å². The Hall–Kier alpha value is -4.26. The van der Waals surface area contributed by atoms with Crippen LogP contribution >= 0.6 is 0 Å². The summed E-state index contributed by atoms with van der Waals surface area (Å²) in [5, 5.41) is 20.1. The fourth-order valence-electron chi connectivity index (χ4n) is 4.01. The summed E-state index contributed by atoms with van der Waals surface area (Å²) in [6.45, 7) is 0.692. The number of primary amides is 1. The normalized spacial score (nSPS) is 17.2. The van der Waals surface area contributed by atoms with Gasteiger partial charge < -0.3 is 37.1 Å². The first-order chi connectivity index (χ1) is 17.7. The van der Waals surface area contributed by atoms with E-state index in [1.165, 1.54) is 12.5 Å². The fraction of sp³-hybridized carbons (Fsp3) is 0.417. The van der Waals surface area contributed by atoms with Crippen molar-refractivity contribution in [1.82, 2.24) is 31.2 Å². The summed E-state index contributed by atoms with van der Waals surface area (Å²) in [6, 6.07) is 4.69. The number of amides is 4. The lowest BCUT2D eigenvalue weighted by molar-refractivity contribution is -0.142. The predicted molar refractivity (Wildman–Crippen MR) is 131 cm³/mol. The molecule has 1 saturated heterocycles. The number of nitrogens with one attached hydrogen (secondary N) is 5. The number of imidazole rings is 1. The summed E-state index contributed by atoms with van der Waals surface area (Å²) in [4.78, 5) is 68.9. The molecule has 4 unspecified atom stereocenters. The Morgan fingerprint density at radius 1 is 1.00 bits per heavy atom. The summed E-state index contributed by atoms with van der Waals surface area (Å²) in [6.07, 6.45) is 3.72. The van der Waals surface area contributed by atoms with Gasteiger partial charge in [-0.2, -0.15) is 0 Å². The van der Waals surface area contributed by atoms with E-state index in [2.05, 4.69) is 31.2 Å². The summed E-state index contributed by atoms with van der Waals surface area (Å²) >= 11 is 0. The van der Waals surface area contributed by atoms with Crippen molar-refractivity contribution in [2.45, 2.75) is 56.3 Å². The third kappa shape index (κ3) is 8.42. The van der Waals surface area contributed by atoms with Crippen molar-refractivity contribution in [2.24, 2.45) is 5.73 Å². The Balaban J connectivity index is 1.74. The van der Waals surface area contributed by atoms with Crippen LogP contribution in [0.25, 0.3) is 0 Å². The molecule has 2 aromatic rings. The first kappa shape index (κ1) is 27.3. The maximum absolute atomic E-state index is 13.3. The Kier molecular flexibility index (Phi) is 9.72. The summed E-state index contributed by atoms with van der Waals surface area (Å²) in [5.41, 5.74) is 6.53. The van der Waals surface area contributed by atoms with Gasteiger partial charge in [-0.15, -0.1) is 0 Å². The molecular formula is C24H31N7O6. The molecule has 1 aromatic carbocycles. The molecule has 0 radical (unpaired) electrons. The zero-order valence-corrected chi connectivity index (χ0v) is 20.1. The van der Waals surface area contributed by atoms with E-state index in [0.29, 0.717) is 18.7 Å². The van der Waals surface area contributed by atoms with Crippen LogP contribution in [0.15, 0.2) is 42.9 Å². The minimum atomic E-state index is -1.45. The Morgan fingerprint density at radius 3 is 2.30 bits per heavy atom. The molecule has 13 nitrogen and oxygen atoms in total. The molecule has 1 aliphatic rings. The number of aromatic nitrogens is 2.